The summed E-state index contributed by atoms with van der Waals surface area (Å²) in [6, 6.07) is 5.95. The summed E-state index contributed by atoms with van der Waals surface area (Å²) in [4.78, 5) is 11.7. The van der Waals surface area contributed by atoms with Crippen LogP contribution in [0, 0.1) is 0 Å². The molecule has 17 heavy (non-hydrogen) atoms. The molecule has 0 aliphatic rings. The Hall–Kier alpha value is -2.50. The summed E-state index contributed by atoms with van der Waals surface area (Å²) in [5, 5.41) is 13.1. The lowest BCUT2D eigenvalue weighted by atomic mass is 10.3. The largest absolute Gasteiger partial charge is 0.508 e. The zero-order valence-electron chi connectivity index (χ0n) is 9.12. The van der Waals surface area contributed by atoms with E-state index in [-0.39, 0.29) is 22.9 Å². The number of phenolic OH excluding ortho intramolecular Hbond substituents is 1. The Labute approximate surface area is 97.2 Å². The lowest BCUT2D eigenvalue weighted by Crippen LogP contribution is -2.10. The topological polar surface area (TPSA) is 90.4 Å². The van der Waals surface area contributed by atoms with Gasteiger partial charge in [-0.25, -0.2) is 4.79 Å². The number of anilines is 1. The van der Waals surface area contributed by atoms with Gasteiger partial charge < -0.3 is 15.6 Å². The summed E-state index contributed by atoms with van der Waals surface area (Å²) in [5.41, 5.74) is 5.83. The van der Waals surface area contributed by atoms with Crippen molar-refractivity contribution in [1.82, 2.24) is 9.78 Å². The third kappa shape index (κ3) is 2.20. The number of aromatic nitrogens is 2. The van der Waals surface area contributed by atoms with Crippen molar-refractivity contribution < 1.29 is 14.6 Å². The molecule has 0 aliphatic carbocycles. The highest BCUT2D eigenvalue weighted by Gasteiger charge is 2.15. The molecule has 0 radical (unpaired) electrons. The molecule has 1 aromatic carbocycles. The summed E-state index contributed by atoms with van der Waals surface area (Å²) >= 11 is 0. The van der Waals surface area contributed by atoms with Crippen LogP contribution >= 0.6 is 0 Å². The first-order chi connectivity index (χ1) is 8.08. The second-order valence-corrected chi connectivity index (χ2v) is 3.45. The molecule has 6 heteroatoms. The molecule has 0 aliphatic heterocycles. The summed E-state index contributed by atoms with van der Waals surface area (Å²) < 4.78 is 6.42. The van der Waals surface area contributed by atoms with Crippen LogP contribution in [0.3, 0.4) is 0 Å². The number of rotatable bonds is 2. The van der Waals surface area contributed by atoms with Crippen molar-refractivity contribution in [2.45, 2.75) is 0 Å². The molecular weight excluding hydrogens is 222 g/mol. The van der Waals surface area contributed by atoms with E-state index in [2.05, 4.69) is 5.10 Å². The van der Waals surface area contributed by atoms with E-state index in [4.69, 9.17) is 10.5 Å². The maximum Gasteiger partial charge on any atom is 0.348 e. The minimum absolute atomic E-state index is 0.0226. The van der Waals surface area contributed by atoms with Gasteiger partial charge in [-0.05, 0) is 12.1 Å². The van der Waals surface area contributed by atoms with Crippen molar-refractivity contribution >= 4 is 11.8 Å². The number of aromatic hydroxyl groups is 1. The van der Waals surface area contributed by atoms with Crippen molar-refractivity contribution in [2.75, 3.05) is 5.73 Å². The van der Waals surface area contributed by atoms with Crippen LogP contribution in [0.5, 0.6) is 11.5 Å². The summed E-state index contributed by atoms with van der Waals surface area (Å²) in [6.45, 7) is 0. The molecule has 0 saturated heterocycles. The first-order valence-corrected chi connectivity index (χ1v) is 4.86. The van der Waals surface area contributed by atoms with Crippen LogP contribution in [-0.2, 0) is 7.05 Å². The average molecular weight is 233 g/mol. The Kier molecular flexibility index (Phi) is 2.70. The number of nitrogens with zero attached hydrogens (tertiary/aromatic N) is 2. The summed E-state index contributed by atoms with van der Waals surface area (Å²) in [5.74, 6) is -0.107. The van der Waals surface area contributed by atoms with E-state index in [1.807, 2.05) is 0 Å². The number of hydrogen-bond acceptors (Lipinski definition) is 5. The number of nitrogen functional groups attached to an aromatic ring is 1. The number of phenols is 1. The van der Waals surface area contributed by atoms with Crippen molar-refractivity contribution in [3.63, 3.8) is 0 Å². The SMILES string of the molecule is Cn1ncc(C(=O)Oc2cccc(O)c2)c1N. The molecule has 0 fully saturated rings. The predicted octanol–water partition coefficient (Wildman–Crippen LogP) is 0.927. The molecule has 0 spiro atoms. The lowest BCUT2D eigenvalue weighted by Gasteiger charge is -2.03. The number of nitrogens with two attached hydrogens (primary N) is 1. The first kappa shape index (κ1) is 11.0. The van der Waals surface area contributed by atoms with Gasteiger partial charge in [-0.1, -0.05) is 6.07 Å². The monoisotopic (exact) mass is 233 g/mol. The second-order valence-electron chi connectivity index (χ2n) is 3.45. The zero-order valence-corrected chi connectivity index (χ0v) is 9.12. The van der Waals surface area contributed by atoms with Crippen LogP contribution in [0.15, 0.2) is 30.5 Å². The van der Waals surface area contributed by atoms with Gasteiger partial charge in [-0.2, -0.15) is 5.10 Å². The quantitative estimate of drug-likeness (QED) is 0.594. The number of aryl methyl sites for hydroxylation is 1. The maximum atomic E-state index is 11.7. The van der Waals surface area contributed by atoms with E-state index in [0.29, 0.717) is 0 Å². The molecule has 6 nitrogen and oxygen atoms in total. The molecule has 3 N–H and O–H groups in total. The van der Waals surface area contributed by atoms with Crippen LogP contribution in [0.1, 0.15) is 10.4 Å². The van der Waals surface area contributed by atoms with Gasteiger partial charge >= 0.3 is 5.97 Å². The molecule has 2 rings (SSSR count). The highest BCUT2D eigenvalue weighted by atomic mass is 16.5. The Morgan fingerprint density at radius 2 is 2.29 bits per heavy atom. The lowest BCUT2D eigenvalue weighted by molar-refractivity contribution is 0.0735. The third-order valence-electron chi connectivity index (χ3n) is 2.23. The van der Waals surface area contributed by atoms with Gasteiger partial charge in [-0.3, -0.25) is 4.68 Å². The highest BCUT2D eigenvalue weighted by Crippen LogP contribution is 2.20. The molecule has 1 heterocycles. The number of ether oxygens (including phenoxy) is 1. The minimum Gasteiger partial charge on any atom is -0.508 e. The van der Waals surface area contributed by atoms with E-state index in [1.165, 1.54) is 23.0 Å². The van der Waals surface area contributed by atoms with E-state index >= 15 is 0 Å². The Morgan fingerprint density at radius 3 is 2.88 bits per heavy atom. The predicted molar refractivity (Wildman–Crippen MR) is 60.7 cm³/mol. The van der Waals surface area contributed by atoms with Gasteiger partial charge in [-0.15, -0.1) is 0 Å². The normalized spacial score (nSPS) is 10.2. The molecule has 0 saturated carbocycles. The minimum atomic E-state index is -0.610. The van der Waals surface area contributed by atoms with Gasteiger partial charge in [0.15, 0.2) is 0 Å². The average Bonchev–Trinajstić information content (AvgIpc) is 2.60. The molecule has 2 aromatic rings. The van der Waals surface area contributed by atoms with Gasteiger partial charge in [0.1, 0.15) is 22.9 Å². The zero-order chi connectivity index (χ0) is 12.4. The Bertz CT molecular complexity index is 563. The number of carbonyl (C=O) groups excluding carboxylic acids is 1. The van der Waals surface area contributed by atoms with Crippen molar-refractivity contribution in [3.05, 3.63) is 36.0 Å². The van der Waals surface area contributed by atoms with Crippen LogP contribution in [0.2, 0.25) is 0 Å². The van der Waals surface area contributed by atoms with Crippen molar-refractivity contribution in [2.24, 2.45) is 7.05 Å². The molecular formula is C11H11N3O3. The Morgan fingerprint density at radius 1 is 1.53 bits per heavy atom. The number of esters is 1. The number of hydrogen-bond donors (Lipinski definition) is 2. The third-order valence-corrected chi connectivity index (χ3v) is 2.23. The van der Waals surface area contributed by atoms with E-state index in [0.717, 1.165) is 0 Å². The van der Waals surface area contributed by atoms with Crippen LogP contribution in [0.4, 0.5) is 5.82 Å². The first-order valence-electron chi connectivity index (χ1n) is 4.86. The van der Waals surface area contributed by atoms with E-state index in [1.54, 1.807) is 19.2 Å². The van der Waals surface area contributed by atoms with Gasteiger partial charge in [0.2, 0.25) is 0 Å². The van der Waals surface area contributed by atoms with Crippen molar-refractivity contribution in [3.8, 4) is 11.5 Å². The molecule has 1 aromatic heterocycles. The van der Waals surface area contributed by atoms with Crippen molar-refractivity contribution in [1.29, 1.82) is 0 Å². The number of benzene rings is 1. The van der Waals surface area contributed by atoms with Crippen LogP contribution in [-0.4, -0.2) is 20.9 Å². The smallest absolute Gasteiger partial charge is 0.348 e. The molecule has 88 valence electrons. The fraction of sp³-hybridized carbons (Fsp3) is 0.0909. The maximum absolute atomic E-state index is 11.7. The molecule has 0 unspecified atom stereocenters. The fourth-order valence-electron chi connectivity index (χ4n) is 1.31. The highest BCUT2D eigenvalue weighted by molar-refractivity contribution is 5.95. The second kappa shape index (κ2) is 4.17. The number of carbonyl (C=O) groups is 1. The fourth-order valence-corrected chi connectivity index (χ4v) is 1.31. The van der Waals surface area contributed by atoms with Gasteiger partial charge in [0.05, 0.1) is 6.20 Å². The van der Waals surface area contributed by atoms with Crippen LogP contribution in [0.25, 0.3) is 0 Å². The van der Waals surface area contributed by atoms with E-state index < -0.39 is 5.97 Å². The van der Waals surface area contributed by atoms with Crippen LogP contribution < -0.4 is 10.5 Å². The molecule has 0 atom stereocenters. The molecule has 0 bridgehead atoms. The summed E-state index contributed by atoms with van der Waals surface area (Å²) in [6.07, 6.45) is 1.33. The standard InChI is InChI=1S/C11H11N3O3/c1-14-10(12)9(6-13-14)11(16)17-8-4-2-3-7(15)5-8/h2-6,15H,12H2,1H3. The Balaban J connectivity index is 2.20. The summed E-state index contributed by atoms with van der Waals surface area (Å²) in [7, 11) is 1.63. The molecule has 0 amide bonds. The van der Waals surface area contributed by atoms with Gasteiger partial charge in [0, 0.05) is 13.1 Å². The van der Waals surface area contributed by atoms with E-state index in [9.17, 15) is 9.90 Å². The van der Waals surface area contributed by atoms with Gasteiger partial charge in [0.25, 0.3) is 0 Å².